The first-order chi connectivity index (χ1) is 8.22. The van der Waals surface area contributed by atoms with Crippen LogP contribution in [-0.4, -0.2) is 17.0 Å². The van der Waals surface area contributed by atoms with Crippen LogP contribution in [0.15, 0.2) is 41.4 Å². The molecular formula is C12H11BrClN3. The normalized spacial score (nSPS) is 12.4. The topological polar surface area (TPSA) is 37.8 Å². The second-order valence-corrected chi connectivity index (χ2v) is 4.88. The zero-order valence-corrected chi connectivity index (χ0v) is 11.5. The molecule has 1 atom stereocenters. The highest BCUT2D eigenvalue weighted by Gasteiger charge is 2.15. The summed E-state index contributed by atoms with van der Waals surface area (Å²) in [5, 5.41) is 3.93. The van der Waals surface area contributed by atoms with Crippen LogP contribution in [0.4, 0.5) is 0 Å². The molecule has 0 aliphatic rings. The third kappa shape index (κ3) is 2.83. The van der Waals surface area contributed by atoms with E-state index in [1.807, 2.05) is 25.2 Å². The van der Waals surface area contributed by atoms with Crippen LogP contribution in [0.1, 0.15) is 17.2 Å². The molecule has 1 unspecified atom stereocenters. The zero-order chi connectivity index (χ0) is 12.3. The van der Waals surface area contributed by atoms with Gasteiger partial charge in [0.2, 0.25) is 0 Å². The van der Waals surface area contributed by atoms with Crippen molar-refractivity contribution in [2.45, 2.75) is 6.04 Å². The van der Waals surface area contributed by atoms with Gasteiger partial charge in [-0.05, 0) is 24.7 Å². The van der Waals surface area contributed by atoms with Crippen LogP contribution in [0.3, 0.4) is 0 Å². The van der Waals surface area contributed by atoms with E-state index in [0.717, 1.165) is 15.6 Å². The van der Waals surface area contributed by atoms with Gasteiger partial charge >= 0.3 is 0 Å². The molecule has 1 N–H and O–H groups in total. The second kappa shape index (κ2) is 5.58. The Morgan fingerprint density at radius 3 is 2.59 bits per heavy atom. The minimum Gasteiger partial charge on any atom is -0.309 e. The van der Waals surface area contributed by atoms with E-state index in [0.29, 0.717) is 5.02 Å². The summed E-state index contributed by atoms with van der Waals surface area (Å²) in [7, 11) is 1.88. The monoisotopic (exact) mass is 311 g/mol. The fourth-order valence-corrected chi connectivity index (χ4v) is 2.48. The van der Waals surface area contributed by atoms with Crippen molar-refractivity contribution in [3.8, 4) is 0 Å². The van der Waals surface area contributed by atoms with Crippen LogP contribution >= 0.6 is 27.5 Å². The summed E-state index contributed by atoms with van der Waals surface area (Å²) in [5.74, 6) is 0. The Labute approximate surface area is 113 Å². The summed E-state index contributed by atoms with van der Waals surface area (Å²) in [5.41, 5.74) is 1.99. The highest BCUT2D eigenvalue weighted by Crippen LogP contribution is 2.29. The Morgan fingerprint density at radius 1 is 1.29 bits per heavy atom. The number of halogens is 2. The molecule has 2 aromatic rings. The first-order valence-corrected chi connectivity index (χ1v) is 6.26. The summed E-state index contributed by atoms with van der Waals surface area (Å²) < 4.78 is 0.963. The molecule has 0 aliphatic heterocycles. The molecule has 3 nitrogen and oxygen atoms in total. The Hall–Kier alpha value is -0.970. The van der Waals surface area contributed by atoms with Crippen molar-refractivity contribution >= 4 is 27.5 Å². The van der Waals surface area contributed by atoms with Crippen LogP contribution in [0.2, 0.25) is 5.02 Å². The lowest BCUT2D eigenvalue weighted by Crippen LogP contribution is -2.18. The van der Waals surface area contributed by atoms with E-state index in [1.54, 1.807) is 12.4 Å². The Morgan fingerprint density at radius 2 is 2.00 bits per heavy atom. The lowest BCUT2D eigenvalue weighted by Gasteiger charge is -2.17. The number of nitrogens with zero attached hydrogens (tertiary/aromatic N) is 2. The van der Waals surface area contributed by atoms with Gasteiger partial charge in [0.1, 0.15) is 6.33 Å². The standard InChI is InChI=1S/C12H11BrClN3/c1-15-12(8-5-16-7-17-6-8)10-3-2-9(13)4-11(10)14/h2-7,12,15H,1H3. The van der Waals surface area contributed by atoms with Crippen molar-refractivity contribution in [1.82, 2.24) is 15.3 Å². The fraction of sp³-hybridized carbons (Fsp3) is 0.167. The molecule has 0 saturated heterocycles. The van der Waals surface area contributed by atoms with Crippen molar-refractivity contribution in [3.05, 3.63) is 57.5 Å². The molecule has 5 heteroatoms. The molecule has 88 valence electrons. The molecule has 0 amide bonds. The SMILES string of the molecule is CNC(c1cncnc1)c1ccc(Br)cc1Cl. The quantitative estimate of drug-likeness (QED) is 0.946. The van der Waals surface area contributed by atoms with Crippen molar-refractivity contribution < 1.29 is 0 Å². The van der Waals surface area contributed by atoms with Crippen molar-refractivity contribution in [2.24, 2.45) is 0 Å². The average Bonchev–Trinajstić information content (AvgIpc) is 2.34. The van der Waals surface area contributed by atoms with Gasteiger partial charge in [0.15, 0.2) is 0 Å². The summed E-state index contributed by atoms with van der Waals surface area (Å²) in [4.78, 5) is 8.05. The molecule has 0 fully saturated rings. The molecule has 1 aromatic carbocycles. The number of hydrogen-bond acceptors (Lipinski definition) is 3. The predicted molar refractivity (Wildman–Crippen MR) is 72.1 cm³/mol. The molecule has 1 heterocycles. The van der Waals surface area contributed by atoms with Gasteiger partial charge in [-0.2, -0.15) is 0 Å². The first kappa shape index (κ1) is 12.5. The first-order valence-electron chi connectivity index (χ1n) is 5.09. The van der Waals surface area contributed by atoms with Crippen LogP contribution in [0.25, 0.3) is 0 Å². The second-order valence-electron chi connectivity index (χ2n) is 3.56. The van der Waals surface area contributed by atoms with Crippen LogP contribution in [-0.2, 0) is 0 Å². The molecule has 0 spiro atoms. The molecule has 1 aromatic heterocycles. The number of nitrogens with one attached hydrogen (secondary N) is 1. The zero-order valence-electron chi connectivity index (χ0n) is 9.19. The van der Waals surface area contributed by atoms with E-state index >= 15 is 0 Å². The summed E-state index contributed by atoms with van der Waals surface area (Å²) in [6, 6.07) is 5.83. The molecule has 0 radical (unpaired) electrons. The fourth-order valence-electron chi connectivity index (χ4n) is 1.70. The molecule has 2 rings (SSSR count). The van der Waals surface area contributed by atoms with Gasteiger partial charge in [-0.25, -0.2) is 9.97 Å². The predicted octanol–water partition coefficient (Wildman–Crippen LogP) is 3.20. The lowest BCUT2D eigenvalue weighted by molar-refractivity contribution is 0.684. The van der Waals surface area contributed by atoms with E-state index in [-0.39, 0.29) is 6.04 Å². The number of aromatic nitrogens is 2. The van der Waals surface area contributed by atoms with Crippen LogP contribution in [0, 0.1) is 0 Å². The minimum absolute atomic E-state index is 0.00296. The van der Waals surface area contributed by atoms with E-state index < -0.39 is 0 Å². The largest absolute Gasteiger partial charge is 0.309 e. The van der Waals surface area contributed by atoms with Crippen molar-refractivity contribution in [3.63, 3.8) is 0 Å². The van der Waals surface area contributed by atoms with Crippen molar-refractivity contribution in [2.75, 3.05) is 7.05 Å². The Bertz CT molecular complexity index is 504. The summed E-state index contributed by atoms with van der Waals surface area (Å²) >= 11 is 9.64. The maximum atomic E-state index is 6.24. The summed E-state index contributed by atoms with van der Waals surface area (Å²) in [6.45, 7) is 0. The third-order valence-corrected chi connectivity index (χ3v) is 3.30. The van der Waals surface area contributed by atoms with Gasteiger partial charge in [0.25, 0.3) is 0 Å². The molecule has 0 aliphatic carbocycles. The summed E-state index contributed by atoms with van der Waals surface area (Å²) in [6.07, 6.45) is 5.08. The van der Waals surface area contributed by atoms with Crippen LogP contribution in [0.5, 0.6) is 0 Å². The molecule has 0 bridgehead atoms. The van der Waals surface area contributed by atoms with E-state index in [4.69, 9.17) is 11.6 Å². The smallest absolute Gasteiger partial charge is 0.115 e. The molecular weight excluding hydrogens is 302 g/mol. The maximum Gasteiger partial charge on any atom is 0.115 e. The number of benzene rings is 1. The highest BCUT2D eigenvalue weighted by molar-refractivity contribution is 9.10. The lowest BCUT2D eigenvalue weighted by atomic mass is 10.0. The van der Waals surface area contributed by atoms with Crippen molar-refractivity contribution in [1.29, 1.82) is 0 Å². The van der Waals surface area contributed by atoms with Gasteiger partial charge < -0.3 is 5.32 Å². The van der Waals surface area contributed by atoms with Crippen LogP contribution < -0.4 is 5.32 Å². The average molecular weight is 313 g/mol. The Balaban J connectivity index is 2.42. The maximum absolute atomic E-state index is 6.24. The molecule has 0 saturated carbocycles. The van der Waals surface area contributed by atoms with Gasteiger partial charge in [0.05, 0.1) is 6.04 Å². The van der Waals surface area contributed by atoms with E-state index in [2.05, 4.69) is 31.2 Å². The van der Waals surface area contributed by atoms with Gasteiger partial charge in [-0.15, -0.1) is 0 Å². The van der Waals surface area contributed by atoms with Gasteiger partial charge in [-0.3, -0.25) is 0 Å². The Kier molecular flexibility index (Phi) is 4.10. The minimum atomic E-state index is -0.00296. The van der Waals surface area contributed by atoms with Gasteiger partial charge in [-0.1, -0.05) is 33.6 Å². The van der Waals surface area contributed by atoms with Gasteiger partial charge in [0, 0.05) is 27.5 Å². The van der Waals surface area contributed by atoms with E-state index in [9.17, 15) is 0 Å². The third-order valence-electron chi connectivity index (χ3n) is 2.48. The number of rotatable bonds is 3. The van der Waals surface area contributed by atoms with E-state index in [1.165, 1.54) is 6.33 Å². The highest BCUT2D eigenvalue weighted by atomic mass is 79.9. The number of hydrogen-bond donors (Lipinski definition) is 1. The molecule has 17 heavy (non-hydrogen) atoms.